The van der Waals surface area contributed by atoms with Crippen molar-refractivity contribution in [1.29, 1.82) is 0 Å². The van der Waals surface area contributed by atoms with Crippen LogP contribution in [0, 0.1) is 13.8 Å². The van der Waals surface area contributed by atoms with Crippen LogP contribution in [-0.4, -0.2) is 13.4 Å². The Morgan fingerprint density at radius 3 is 2.60 bits per heavy atom. The van der Waals surface area contributed by atoms with E-state index in [0.29, 0.717) is 10.9 Å². The Bertz CT molecular complexity index is 628. The van der Waals surface area contributed by atoms with Crippen LogP contribution in [0.4, 0.5) is 0 Å². The van der Waals surface area contributed by atoms with Crippen molar-refractivity contribution in [2.45, 2.75) is 18.7 Å². The fourth-order valence-electron chi connectivity index (χ4n) is 1.72. The Morgan fingerprint density at radius 1 is 1.33 bits per heavy atom. The Morgan fingerprint density at radius 2 is 2.00 bits per heavy atom. The van der Waals surface area contributed by atoms with Gasteiger partial charge in [0.05, 0.1) is 4.90 Å². The first-order chi connectivity index (χ1) is 6.91. The molecule has 1 heterocycles. The van der Waals surface area contributed by atoms with Crippen molar-refractivity contribution < 1.29 is 8.42 Å². The molecule has 0 aliphatic carbocycles. The highest BCUT2D eigenvalue weighted by atomic mass is 35.7. The molecule has 0 unspecified atom stereocenters. The molecule has 0 bridgehead atoms. The van der Waals surface area contributed by atoms with Crippen LogP contribution in [0.15, 0.2) is 23.2 Å². The van der Waals surface area contributed by atoms with E-state index >= 15 is 0 Å². The zero-order valence-electron chi connectivity index (χ0n) is 8.33. The first kappa shape index (κ1) is 10.5. The second-order valence-corrected chi connectivity index (χ2v) is 6.03. The van der Waals surface area contributed by atoms with Gasteiger partial charge in [0, 0.05) is 27.8 Å². The van der Waals surface area contributed by atoms with Gasteiger partial charge in [-0.25, -0.2) is 8.42 Å². The monoisotopic (exact) mass is 243 g/mol. The van der Waals surface area contributed by atoms with E-state index in [2.05, 4.69) is 4.98 Å². The van der Waals surface area contributed by atoms with E-state index in [1.807, 2.05) is 13.0 Å². The van der Waals surface area contributed by atoms with E-state index in [0.717, 1.165) is 11.1 Å². The van der Waals surface area contributed by atoms with Gasteiger partial charge in [-0.05, 0) is 37.1 Å². The molecule has 0 saturated heterocycles. The van der Waals surface area contributed by atoms with Crippen LogP contribution in [0.5, 0.6) is 0 Å². The van der Waals surface area contributed by atoms with Crippen molar-refractivity contribution >= 4 is 30.6 Å². The SMILES string of the molecule is Cc1cc2[nH]ccc2c(S(=O)(=O)Cl)c1C. The van der Waals surface area contributed by atoms with Gasteiger partial charge in [0.25, 0.3) is 9.05 Å². The second-order valence-electron chi connectivity index (χ2n) is 3.52. The van der Waals surface area contributed by atoms with Crippen LogP contribution in [0.1, 0.15) is 11.1 Å². The van der Waals surface area contributed by atoms with E-state index in [9.17, 15) is 8.42 Å². The molecule has 2 rings (SSSR count). The van der Waals surface area contributed by atoms with Gasteiger partial charge in [-0.2, -0.15) is 0 Å². The number of hydrogen-bond donors (Lipinski definition) is 1. The van der Waals surface area contributed by atoms with Crippen LogP contribution in [0.3, 0.4) is 0 Å². The fraction of sp³-hybridized carbons (Fsp3) is 0.200. The van der Waals surface area contributed by atoms with Gasteiger partial charge in [0.2, 0.25) is 0 Å². The Hall–Kier alpha value is -1.00. The molecule has 80 valence electrons. The molecule has 0 radical (unpaired) electrons. The van der Waals surface area contributed by atoms with Crippen LogP contribution >= 0.6 is 10.7 Å². The highest BCUT2D eigenvalue weighted by Crippen LogP contribution is 2.30. The molecule has 1 aromatic heterocycles. The highest BCUT2D eigenvalue weighted by molar-refractivity contribution is 8.14. The van der Waals surface area contributed by atoms with Gasteiger partial charge in [-0.1, -0.05) is 0 Å². The zero-order valence-corrected chi connectivity index (χ0v) is 9.91. The lowest BCUT2D eigenvalue weighted by Gasteiger charge is -2.07. The summed E-state index contributed by atoms with van der Waals surface area (Å²) in [4.78, 5) is 3.19. The summed E-state index contributed by atoms with van der Waals surface area (Å²) < 4.78 is 22.9. The van der Waals surface area contributed by atoms with Crippen molar-refractivity contribution in [3.8, 4) is 0 Å². The summed E-state index contributed by atoms with van der Waals surface area (Å²) in [5.41, 5.74) is 2.40. The number of halogens is 1. The number of hydrogen-bond acceptors (Lipinski definition) is 2. The van der Waals surface area contributed by atoms with E-state index in [1.165, 1.54) is 0 Å². The summed E-state index contributed by atoms with van der Waals surface area (Å²) in [6.07, 6.45) is 1.70. The molecule has 0 atom stereocenters. The maximum Gasteiger partial charge on any atom is 0.262 e. The third kappa shape index (κ3) is 1.64. The summed E-state index contributed by atoms with van der Waals surface area (Å²) in [6, 6.07) is 3.63. The highest BCUT2D eigenvalue weighted by Gasteiger charge is 2.19. The minimum atomic E-state index is -3.70. The largest absolute Gasteiger partial charge is 0.361 e. The first-order valence-electron chi connectivity index (χ1n) is 4.43. The van der Waals surface area contributed by atoms with Crippen LogP contribution in [0.25, 0.3) is 10.9 Å². The molecule has 0 aliphatic rings. The zero-order chi connectivity index (χ0) is 11.2. The maximum atomic E-state index is 11.5. The fourth-order valence-corrected chi connectivity index (χ4v) is 3.28. The lowest BCUT2D eigenvalue weighted by molar-refractivity contribution is 0.610. The molecule has 1 aromatic carbocycles. The average Bonchev–Trinajstić information content (AvgIpc) is 2.50. The summed E-state index contributed by atoms with van der Waals surface area (Å²) in [6.45, 7) is 3.62. The lowest BCUT2D eigenvalue weighted by Crippen LogP contribution is -1.97. The number of rotatable bonds is 1. The normalized spacial score (nSPS) is 12.2. The molecule has 0 saturated carbocycles. The van der Waals surface area contributed by atoms with Crippen LogP contribution in [0.2, 0.25) is 0 Å². The number of nitrogens with one attached hydrogen (secondary N) is 1. The predicted molar refractivity (Wildman–Crippen MR) is 60.8 cm³/mol. The van der Waals surface area contributed by atoms with Crippen molar-refractivity contribution in [1.82, 2.24) is 4.98 Å². The number of benzene rings is 1. The lowest BCUT2D eigenvalue weighted by atomic mass is 10.1. The topological polar surface area (TPSA) is 49.9 Å². The van der Waals surface area contributed by atoms with Crippen LogP contribution < -0.4 is 0 Å². The molecule has 15 heavy (non-hydrogen) atoms. The van der Waals surface area contributed by atoms with Crippen molar-refractivity contribution in [2.24, 2.45) is 0 Å². The van der Waals surface area contributed by atoms with Gasteiger partial charge in [0.1, 0.15) is 0 Å². The smallest absolute Gasteiger partial charge is 0.262 e. The van der Waals surface area contributed by atoms with Gasteiger partial charge in [-0.3, -0.25) is 0 Å². The Balaban J connectivity index is 3.03. The molecule has 5 heteroatoms. The van der Waals surface area contributed by atoms with Gasteiger partial charge in [-0.15, -0.1) is 0 Å². The number of H-pyrrole nitrogens is 1. The molecule has 0 aliphatic heterocycles. The first-order valence-corrected chi connectivity index (χ1v) is 6.74. The van der Waals surface area contributed by atoms with Crippen molar-refractivity contribution in [3.63, 3.8) is 0 Å². The number of aromatic nitrogens is 1. The predicted octanol–water partition coefficient (Wildman–Crippen LogP) is 2.71. The summed E-state index contributed by atoms with van der Waals surface area (Å²) in [5, 5.41) is 0.646. The van der Waals surface area contributed by atoms with Gasteiger partial charge in [0.15, 0.2) is 0 Å². The molecule has 0 fully saturated rings. The van der Waals surface area contributed by atoms with Gasteiger partial charge >= 0.3 is 0 Å². The molecular formula is C10H10ClNO2S. The summed E-state index contributed by atoms with van der Waals surface area (Å²) in [7, 11) is 1.73. The third-order valence-electron chi connectivity index (χ3n) is 2.56. The maximum absolute atomic E-state index is 11.5. The molecule has 2 aromatic rings. The molecule has 1 N–H and O–H groups in total. The Kier molecular flexibility index (Phi) is 2.28. The van der Waals surface area contributed by atoms with Gasteiger partial charge < -0.3 is 4.98 Å². The average molecular weight is 244 g/mol. The Labute approximate surface area is 92.5 Å². The molecule has 0 spiro atoms. The minimum Gasteiger partial charge on any atom is -0.361 e. The number of aryl methyl sites for hydroxylation is 1. The van der Waals surface area contributed by atoms with Crippen LogP contribution in [-0.2, 0) is 9.05 Å². The molecule has 0 amide bonds. The molecular weight excluding hydrogens is 234 g/mol. The van der Waals surface area contributed by atoms with E-state index in [4.69, 9.17) is 10.7 Å². The number of fused-ring (bicyclic) bond motifs is 1. The third-order valence-corrected chi connectivity index (χ3v) is 4.04. The van der Waals surface area contributed by atoms with E-state index in [1.54, 1.807) is 19.2 Å². The second kappa shape index (κ2) is 3.25. The summed E-state index contributed by atoms with van der Waals surface area (Å²) >= 11 is 0. The molecule has 3 nitrogen and oxygen atoms in total. The standard InChI is InChI=1S/C10H10ClNO2S/c1-6-5-9-8(3-4-12-9)10(7(6)2)15(11,13)14/h3-5,12H,1-2H3. The quantitative estimate of drug-likeness (QED) is 0.783. The minimum absolute atomic E-state index is 0.209. The van der Waals surface area contributed by atoms with Crippen molar-refractivity contribution in [2.75, 3.05) is 0 Å². The van der Waals surface area contributed by atoms with E-state index in [-0.39, 0.29) is 4.90 Å². The summed E-state index contributed by atoms with van der Waals surface area (Å²) in [5.74, 6) is 0. The van der Waals surface area contributed by atoms with E-state index < -0.39 is 9.05 Å². The number of aromatic amines is 1. The van der Waals surface area contributed by atoms with Crippen molar-refractivity contribution in [3.05, 3.63) is 29.5 Å².